The number of H-pyrrole nitrogens is 1. The van der Waals surface area contributed by atoms with E-state index >= 15 is 0 Å². The van der Waals surface area contributed by atoms with Crippen LogP contribution in [0, 0.1) is 20.8 Å². The minimum absolute atomic E-state index is 0. The number of benzene rings is 1. The summed E-state index contributed by atoms with van der Waals surface area (Å²) in [4.78, 5) is 4.33. The average Bonchev–Trinajstić information content (AvgIpc) is 2.70. The van der Waals surface area contributed by atoms with E-state index < -0.39 is 0 Å². The molecule has 0 aliphatic carbocycles. The SMILES string of the molecule is Cc1ccc(NC(N)=NCc2c(C)n[nH]c2C)cc1.I. The molecule has 5 nitrogen and oxygen atoms in total. The van der Waals surface area contributed by atoms with Crippen molar-refractivity contribution in [2.75, 3.05) is 5.32 Å². The Labute approximate surface area is 136 Å². The molecule has 0 unspecified atom stereocenters. The molecule has 0 aliphatic rings. The smallest absolute Gasteiger partial charge is 0.193 e. The summed E-state index contributed by atoms with van der Waals surface area (Å²) >= 11 is 0. The number of rotatable bonds is 3. The number of aliphatic imine (C=N–C) groups is 1. The third kappa shape index (κ3) is 4.22. The summed E-state index contributed by atoms with van der Waals surface area (Å²) in [6.45, 7) is 6.51. The van der Waals surface area contributed by atoms with Crippen LogP contribution in [0.25, 0.3) is 0 Å². The summed E-state index contributed by atoms with van der Waals surface area (Å²) < 4.78 is 0. The molecular formula is C14H20IN5. The molecule has 1 heterocycles. The molecule has 20 heavy (non-hydrogen) atoms. The van der Waals surface area contributed by atoms with Crippen molar-refractivity contribution in [1.82, 2.24) is 10.2 Å². The second-order valence-corrected chi connectivity index (χ2v) is 4.61. The van der Waals surface area contributed by atoms with Crippen molar-refractivity contribution in [3.63, 3.8) is 0 Å². The molecule has 0 bridgehead atoms. The minimum Gasteiger partial charge on any atom is -0.370 e. The van der Waals surface area contributed by atoms with Gasteiger partial charge in [0.05, 0.1) is 12.2 Å². The van der Waals surface area contributed by atoms with Gasteiger partial charge in [0.2, 0.25) is 0 Å². The molecule has 0 amide bonds. The molecule has 108 valence electrons. The number of nitrogens with one attached hydrogen (secondary N) is 2. The Hall–Kier alpha value is -1.57. The van der Waals surface area contributed by atoms with Gasteiger partial charge in [-0.05, 0) is 32.9 Å². The van der Waals surface area contributed by atoms with Gasteiger partial charge in [-0.2, -0.15) is 5.10 Å². The molecule has 6 heteroatoms. The van der Waals surface area contributed by atoms with Gasteiger partial charge in [0.25, 0.3) is 0 Å². The lowest BCUT2D eigenvalue weighted by Crippen LogP contribution is -2.22. The van der Waals surface area contributed by atoms with Crippen LogP contribution in [0.15, 0.2) is 29.3 Å². The van der Waals surface area contributed by atoms with Crippen LogP contribution < -0.4 is 11.1 Å². The number of halogens is 1. The van der Waals surface area contributed by atoms with Crippen molar-refractivity contribution < 1.29 is 0 Å². The zero-order chi connectivity index (χ0) is 13.8. The van der Waals surface area contributed by atoms with E-state index in [0.29, 0.717) is 12.5 Å². The van der Waals surface area contributed by atoms with E-state index in [-0.39, 0.29) is 24.0 Å². The maximum atomic E-state index is 5.87. The average molecular weight is 385 g/mol. The normalized spacial score (nSPS) is 11.1. The minimum atomic E-state index is 0. The zero-order valence-corrected chi connectivity index (χ0v) is 14.2. The second kappa shape index (κ2) is 7.28. The fraction of sp³-hybridized carbons (Fsp3) is 0.286. The Bertz CT molecular complexity index is 567. The van der Waals surface area contributed by atoms with Gasteiger partial charge in [0.1, 0.15) is 0 Å². The second-order valence-electron chi connectivity index (χ2n) is 4.61. The lowest BCUT2D eigenvalue weighted by molar-refractivity contribution is 1.02. The molecule has 1 aromatic carbocycles. The first kappa shape index (κ1) is 16.5. The summed E-state index contributed by atoms with van der Waals surface area (Å²) in [7, 11) is 0. The molecule has 0 fully saturated rings. The summed E-state index contributed by atoms with van der Waals surface area (Å²) in [5.41, 5.74) is 11.1. The zero-order valence-electron chi connectivity index (χ0n) is 11.9. The lowest BCUT2D eigenvalue weighted by atomic mass is 10.2. The van der Waals surface area contributed by atoms with E-state index in [2.05, 4.69) is 20.5 Å². The van der Waals surface area contributed by atoms with Crippen LogP contribution in [0.5, 0.6) is 0 Å². The molecule has 1 aromatic heterocycles. The largest absolute Gasteiger partial charge is 0.370 e. The van der Waals surface area contributed by atoms with Crippen LogP contribution in [0.1, 0.15) is 22.5 Å². The third-order valence-electron chi connectivity index (χ3n) is 3.01. The van der Waals surface area contributed by atoms with E-state index in [1.54, 1.807) is 0 Å². The van der Waals surface area contributed by atoms with Gasteiger partial charge >= 0.3 is 0 Å². The quantitative estimate of drug-likeness (QED) is 0.432. The van der Waals surface area contributed by atoms with Gasteiger partial charge in [-0.1, -0.05) is 17.7 Å². The van der Waals surface area contributed by atoms with Crippen LogP contribution in [-0.2, 0) is 6.54 Å². The first-order valence-corrected chi connectivity index (χ1v) is 6.20. The van der Waals surface area contributed by atoms with Crippen molar-refractivity contribution in [3.05, 3.63) is 46.8 Å². The highest BCUT2D eigenvalue weighted by Crippen LogP contribution is 2.11. The van der Waals surface area contributed by atoms with Crippen LogP contribution in [0.2, 0.25) is 0 Å². The molecule has 2 rings (SSSR count). The summed E-state index contributed by atoms with van der Waals surface area (Å²) in [6, 6.07) is 8.01. The molecule has 0 atom stereocenters. The number of anilines is 1. The van der Waals surface area contributed by atoms with Crippen LogP contribution in [0.4, 0.5) is 5.69 Å². The standard InChI is InChI=1S/C14H19N5.HI/c1-9-4-6-12(7-5-9)17-14(15)16-8-13-10(2)18-19-11(13)3;/h4-7H,8H2,1-3H3,(H,18,19)(H3,15,16,17);1H. The molecule has 0 aliphatic heterocycles. The Kier molecular flexibility index (Phi) is 6.00. The number of nitrogens with zero attached hydrogens (tertiary/aromatic N) is 2. The number of hydrogen-bond donors (Lipinski definition) is 3. The van der Waals surface area contributed by atoms with Gasteiger partial charge in [-0.3, -0.25) is 5.10 Å². The maximum absolute atomic E-state index is 5.87. The Morgan fingerprint density at radius 2 is 1.90 bits per heavy atom. The van der Waals surface area contributed by atoms with Crippen molar-refractivity contribution >= 4 is 35.6 Å². The monoisotopic (exact) mass is 385 g/mol. The number of guanidine groups is 1. The Morgan fingerprint density at radius 3 is 2.45 bits per heavy atom. The predicted molar refractivity (Wildman–Crippen MR) is 93.6 cm³/mol. The van der Waals surface area contributed by atoms with Crippen LogP contribution in [0.3, 0.4) is 0 Å². The van der Waals surface area contributed by atoms with Crippen LogP contribution in [-0.4, -0.2) is 16.2 Å². The summed E-state index contributed by atoms with van der Waals surface area (Å²) in [5.74, 6) is 0.406. The fourth-order valence-electron chi connectivity index (χ4n) is 1.80. The molecule has 0 spiro atoms. The number of aromatic amines is 1. The molecule has 0 saturated carbocycles. The lowest BCUT2D eigenvalue weighted by Gasteiger charge is -2.06. The highest BCUT2D eigenvalue weighted by atomic mass is 127. The van der Waals surface area contributed by atoms with Crippen molar-refractivity contribution in [2.24, 2.45) is 10.7 Å². The third-order valence-corrected chi connectivity index (χ3v) is 3.01. The first-order chi connectivity index (χ1) is 9.06. The van der Waals surface area contributed by atoms with E-state index in [4.69, 9.17) is 5.73 Å². The molecule has 0 saturated heterocycles. The molecule has 4 N–H and O–H groups in total. The molecule has 0 radical (unpaired) electrons. The van der Waals surface area contributed by atoms with Gasteiger partial charge < -0.3 is 11.1 Å². The number of nitrogens with two attached hydrogens (primary N) is 1. The van der Waals surface area contributed by atoms with Crippen LogP contribution >= 0.6 is 24.0 Å². The predicted octanol–water partition coefficient (Wildman–Crippen LogP) is 2.88. The Balaban J connectivity index is 0.00000200. The number of aryl methyl sites for hydroxylation is 3. The molecular weight excluding hydrogens is 365 g/mol. The van der Waals surface area contributed by atoms with E-state index in [0.717, 1.165) is 22.6 Å². The first-order valence-electron chi connectivity index (χ1n) is 6.20. The maximum Gasteiger partial charge on any atom is 0.193 e. The number of hydrogen-bond acceptors (Lipinski definition) is 2. The van der Waals surface area contributed by atoms with Gasteiger partial charge in [-0.25, -0.2) is 4.99 Å². The van der Waals surface area contributed by atoms with Gasteiger partial charge in [0, 0.05) is 16.9 Å². The topological polar surface area (TPSA) is 79.1 Å². The molecule has 2 aromatic rings. The van der Waals surface area contributed by atoms with E-state index in [1.807, 2.05) is 45.0 Å². The van der Waals surface area contributed by atoms with Crippen molar-refractivity contribution in [2.45, 2.75) is 27.3 Å². The highest BCUT2D eigenvalue weighted by Gasteiger charge is 2.05. The van der Waals surface area contributed by atoms with E-state index in [1.165, 1.54) is 5.56 Å². The van der Waals surface area contributed by atoms with Gasteiger partial charge in [0.15, 0.2) is 5.96 Å². The van der Waals surface area contributed by atoms with Crippen molar-refractivity contribution in [1.29, 1.82) is 0 Å². The van der Waals surface area contributed by atoms with E-state index in [9.17, 15) is 0 Å². The number of aromatic nitrogens is 2. The Morgan fingerprint density at radius 1 is 1.25 bits per heavy atom. The highest BCUT2D eigenvalue weighted by molar-refractivity contribution is 14.0. The summed E-state index contributed by atoms with van der Waals surface area (Å²) in [5, 5.41) is 10.1. The summed E-state index contributed by atoms with van der Waals surface area (Å²) in [6.07, 6.45) is 0. The van der Waals surface area contributed by atoms with Crippen molar-refractivity contribution in [3.8, 4) is 0 Å². The fourth-order valence-corrected chi connectivity index (χ4v) is 1.80. The van der Waals surface area contributed by atoms with Gasteiger partial charge in [-0.15, -0.1) is 24.0 Å².